The summed E-state index contributed by atoms with van der Waals surface area (Å²) >= 11 is 0. The van der Waals surface area contributed by atoms with Crippen LogP contribution in [0, 0.1) is 5.41 Å². The summed E-state index contributed by atoms with van der Waals surface area (Å²) in [7, 11) is 0. The van der Waals surface area contributed by atoms with Crippen LogP contribution in [0.25, 0.3) is 0 Å². The fourth-order valence-corrected chi connectivity index (χ4v) is 1.48. The van der Waals surface area contributed by atoms with Crippen LogP contribution in [0.15, 0.2) is 30.3 Å². The molecule has 0 aromatic heterocycles. The predicted octanol–water partition coefficient (Wildman–Crippen LogP) is 0.817. The van der Waals surface area contributed by atoms with E-state index in [9.17, 15) is 9.59 Å². The molecule has 0 aliphatic heterocycles. The topological polar surface area (TPSA) is 86.6 Å². The van der Waals surface area contributed by atoms with Crippen LogP contribution in [0.3, 0.4) is 0 Å². The smallest absolute Gasteiger partial charge is 0.326 e. The number of hydrogen-bond acceptors (Lipinski definition) is 3. The molecule has 0 fully saturated rings. The van der Waals surface area contributed by atoms with E-state index in [0.29, 0.717) is 0 Å². The van der Waals surface area contributed by atoms with Crippen LogP contribution in [0.5, 0.6) is 0 Å². The van der Waals surface area contributed by atoms with Crippen LogP contribution in [0.4, 0.5) is 0 Å². The normalized spacial score (nSPS) is 12.8. The first kappa shape index (κ1) is 15.2. The Balaban J connectivity index is 2.75. The monoisotopic (exact) mass is 265 g/mol. The van der Waals surface area contributed by atoms with Gasteiger partial charge in [-0.1, -0.05) is 30.3 Å². The third kappa shape index (κ3) is 4.37. The van der Waals surface area contributed by atoms with Crippen molar-refractivity contribution in [3.63, 3.8) is 0 Å². The molecule has 104 valence electrons. The second-order valence-corrected chi connectivity index (χ2v) is 5.10. The number of hydrogen-bond donors (Lipinski definition) is 3. The van der Waals surface area contributed by atoms with Gasteiger partial charge in [0.05, 0.1) is 12.0 Å². The van der Waals surface area contributed by atoms with Crippen molar-refractivity contribution < 1.29 is 19.8 Å². The van der Waals surface area contributed by atoms with E-state index in [0.717, 1.165) is 5.56 Å². The quantitative estimate of drug-likeness (QED) is 0.710. The molecule has 0 heterocycles. The summed E-state index contributed by atoms with van der Waals surface area (Å²) in [4.78, 5) is 23.0. The van der Waals surface area contributed by atoms with Gasteiger partial charge in [-0.2, -0.15) is 0 Å². The van der Waals surface area contributed by atoms with Gasteiger partial charge in [-0.15, -0.1) is 0 Å². The molecule has 0 saturated carbocycles. The maximum Gasteiger partial charge on any atom is 0.326 e. The molecule has 5 heteroatoms. The molecular weight excluding hydrogens is 246 g/mol. The van der Waals surface area contributed by atoms with Crippen molar-refractivity contribution in [3.05, 3.63) is 35.9 Å². The van der Waals surface area contributed by atoms with Gasteiger partial charge in [-0.3, -0.25) is 4.79 Å². The van der Waals surface area contributed by atoms with E-state index < -0.39 is 23.3 Å². The Labute approximate surface area is 112 Å². The minimum Gasteiger partial charge on any atom is -0.480 e. The van der Waals surface area contributed by atoms with Crippen molar-refractivity contribution >= 4 is 11.9 Å². The zero-order valence-electron chi connectivity index (χ0n) is 11.1. The van der Waals surface area contributed by atoms with E-state index in [2.05, 4.69) is 5.32 Å². The van der Waals surface area contributed by atoms with E-state index in [4.69, 9.17) is 10.2 Å². The number of rotatable bonds is 6. The van der Waals surface area contributed by atoms with E-state index in [1.54, 1.807) is 26.0 Å². The number of carboxylic acid groups (broad SMARTS) is 1. The minimum absolute atomic E-state index is 0.212. The van der Waals surface area contributed by atoms with Crippen molar-refractivity contribution in [1.82, 2.24) is 5.32 Å². The molecule has 19 heavy (non-hydrogen) atoms. The lowest BCUT2D eigenvalue weighted by Gasteiger charge is -2.23. The SMILES string of the molecule is CC(C)(CO)C(=O)N[C@@H](Cc1ccccc1)C(=O)O. The summed E-state index contributed by atoms with van der Waals surface area (Å²) in [5, 5.41) is 20.7. The summed E-state index contributed by atoms with van der Waals surface area (Å²) in [5.74, 6) is -1.57. The van der Waals surface area contributed by atoms with Crippen molar-refractivity contribution in [2.75, 3.05) is 6.61 Å². The van der Waals surface area contributed by atoms with Gasteiger partial charge >= 0.3 is 5.97 Å². The third-order valence-corrected chi connectivity index (χ3v) is 2.90. The summed E-state index contributed by atoms with van der Waals surface area (Å²) in [6.07, 6.45) is 0.212. The fraction of sp³-hybridized carbons (Fsp3) is 0.429. The van der Waals surface area contributed by atoms with Crippen molar-refractivity contribution in [2.24, 2.45) is 5.41 Å². The highest BCUT2D eigenvalue weighted by atomic mass is 16.4. The van der Waals surface area contributed by atoms with E-state index >= 15 is 0 Å². The van der Waals surface area contributed by atoms with Gasteiger partial charge in [0.1, 0.15) is 6.04 Å². The second kappa shape index (κ2) is 6.33. The molecule has 0 bridgehead atoms. The number of carbonyl (C=O) groups excluding carboxylic acids is 1. The number of aliphatic hydroxyl groups is 1. The molecule has 1 atom stereocenters. The molecular formula is C14H19NO4. The molecule has 1 rings (SSSR count). The van der Waals surface area contributed by atoms with Crippen LogP contribution in [0.2, 0.25) is 0 Å². The van der Waals surface area contributed by atoms with E-state index in [-0.39, 0.29) is 13.0 Å². The molecule has 0 spiro atoms. The number of aliphatic hydroxyl groups excluding tert-OH is 1. The van der Waals surface area contributed by atoms with Gasteiger partial charge < -0.3 is 15.5 Å². The van der Waals surface area contributed by atoms with Gasteiger partial charge in [0.2, 0.25) is 5.91 Å². The summed E-state index contributed by atoms with van der Waals surface area (Å²) in [6, 6.07) is 8.08. The van der Waals surface area contributed by atoms with Gasteiger partial charge in [0.15, 0.2) is 0 Å². The van der Waals surface area contributed by atoms with E-state index in [1.165, 1.54) is 0 Å². The average molecular weight is 265 g/mol. The predicted molar refractivity (Wildman–Crippen MR) is 70.6 cm³/mol. The highest BCUT2D eigenvalue weighted by molar-refractivity contribution is 5.87. The van der Waals surface area contributed by atoms with Crippen LogP contribution in [-0.4, -0.2) is 34.7 Å². The maximum atomic E-state index is 11.9. The molecule has 0 saturated heterocycles. The van der Waals surface area contributed by atoms with Crippen LogP contribution in [-0.2, 0) is 16.0 Å². The highest BCUT2D eigenvalue weighted by Gasteiger charge is 2.30. The molecule has 0 aliphatic rings. The first-order chi connectivity index (χ1) is 8.86. The van der Waals surface area contributed by atoms with Crippen molar-refractivity contribution in [3.8, 4) is 0 Å². The van der Waals surface area contributed by atoms with Crippen LogP contribution in [0.1, 0.15) is 19.4 Å². The zero-order valence-corrected chi connectivity index (χ0v) is 11.1. The summed E-state index contributed by atoms with van der Waals surface area (Å²) < 4.78 is 0. The molecule has 1 aromatic rings. The molecule has 1 amide bonds. The molecule has 1 aromatic carbocycles. The number of benzene rings is 1. The number of aliphatic carboxylic acids is 1. The maximum absolute atomic E-state index is 11.9. The molecule has 0 unspecified atom stereocenters. The number of carbonyl (C=O) groups is 2. The van der Waals surface area contributed by atoms with Crippen LogP contribution < -0.4 is 5.32 Å². The Morgan fingerprint density at radius 3 is 2.32 bits per heavy atom. The van der Waals surface area contributed by atoms with E-state index in [1.807, 2.05) is 18.2 Å². The lowest BCUT2D eigenvalue weighted by molar-refractivity contribution is -0.144. The lowest BCUT2D eigenvalue weighted by atomic mass is 9.93. The van der Waals surface area contributed by atoms with Gasteiger partial charge in [-0.05, 0) is 19.4 Å². The molecule has 5 nitrogen and oxygen atoms in total. The van der Waals surface area contributed by atoms with Gasteiger partial charge in [-0.25, -0.2) is 4.79 Å². The molecule has 0 aliphatic carbocycles. The number of carboxylic acids is 1. The largest absolute Gasteiger partial charge is 0.480 e. The van der Waals surface area contributed by atoms with Gasteiger partial charge in [0, 0.05) is 6.42 Å². The minimum atomic E-state index is -1.09. The third-order valence-electron chi connectivity index (χ3n) is 2.90. The van der Waals surface area contributed by atoms with Gasteiger partial charge in [0.25, 0.3) is 0 Å². The lowest BCUT2D eigenvalue weighted by Crippen LogP contribution is -2.48. The average Bonchev–Trinajstić information content (AvgIpc) is 2.38. The Kier molecular flexibility index (Phi) is 5.06. The summed E-state index contributed by atoms with van der Waals surface area (Å²) in [5.41, 5.74) is -0.165. The first-order valence-corrected chi connectivity index (χ1v) is 6.05. The van der Waals surface area contributed by atoms with Crippen molar-refractivity contribution in [2.45, 2.75) is 26.3 Å². The Hall–Kier alpha value is -1.88. The highest BCUT2D eigenvalue weighted by Crippen LogP contribution is 2.14. The Morgan fingerprint density at radius 1 is 1.26 bits per heavy atom. The fourth-order valence-electron chi connectivity index (χ4n) is 1.48. The molecule has 0 radical (unpaired) electrons. The standard InChI is InChI=1S/C14H19NO4/c1-14(2,9-16)13(19)15-11(12(17)18)8-10-6-4-3-5-7-10/h3-7,11,16H,8-9H2,1-2H3,(H,15,19)(H,17,18)/t11-/m0/s1. The Morgan fingerprint density at radius 2 is 1.84 bits per heavy atom. The number of amides is 1. The number of nitrogens with one attached hydrogen (secondary N) is 1. The first-order valence-electron chi connectivity index (χ1n) is 6.05. The molecule has 3 N–H and O–H groups in total. The Bertz CT molecular complexity index is 442. The second-order valence-electron chi connectivity index (χ2n) is 5.10. The van der Waals surface area contributed by atoms with Crippen molar-refractivity contribution in [1.29, 1.82) is 0 Å². The zero-order chi connectivity index (χ0) is 14.5. The summed E-state index contributed by atoms with van der Waals surface area (Å²) in [6.45, 7) is 2.78. The van der Waals surface area contributed by atoms with Crippen LogP contribution >= 0.6 is 0 Å².